The van der Waals surface area contributed by atoms with Gasteiger partial charge in [-0.1, -0.05) is 42.0 Å². The van der Waals surface area contributed by atoms with Gasteiger partial charge in [-0.05, 0) is 70.9 Å². The molecule has 0 aliphatic rings. The van der Waals surface area contributed by atoms with E-state index in [2.05, 4.69) is 0 Å². The number of rotatable bonds is 6. The Morgan fingerprint density at radius 3 is 2.23 bits per heavy atom. The summed E-state index contributed by atoms with van der Waals surface area (Å²) >= 11 is 0. The first kappa shape index (κ1) is 24.6. The largest absolute Gasteiger partial charge is 0.479 e. The number of ether oxygens (including phenoxy) is 1. The van der Waals surface area contributed by atoms with Crippen molar-refractivity contribution >= 4 is 17.0 Å². The second-order valence-corrected chi connectivity index (χ2v) is 9.99. The van der Waals surface area contributed by atoms with Crippen LogP contribution in [-0.4, -0.2) is 26.2 Å². The maximum atomic E-state index is 13.5. The summed E-state index contributed by atoms with van der Waals surface area (Å²) in [6.45, 7) is 11.4. The van der Waals surface area contributed by atoms with Gasteiger partial charge in [-0.15, -0.1) is 0 Å². The number of aromatic nitrogens is 2. The van der Waals surface area contributed by atoms with Crippen molar-refractivity contribution in [2.75, 3.05) is 0 Å². The lowest BCUT2D eigenvalue weighted by Gasteiger charge is -2.28. The second-order valence-electron chi connectivity index (χ2n) is 9.99. The van der Waals surface area contributed by atoms with Crippen molar-refractivity contribution in [2.24, 2.45) is 0 Å². The molecular formula is C29H31FN2O3. The van der Waals surface area contributed by atoms with Gasteiger partial charge in [-0.3, -0.25) is 0 Å². The number of benzene rings is 2. The van der Waals surface area contributed by atoms with Crippen LogP contribution in [-0.2, 0) is 9.53 Å². The SMILES string of the molecule is Cc1ccc(-c2c([C@@H](OC(C)(C)C)C(=O)O)c(C)nc3c2ccn3[C@H](C)c2ccc(F)cc2)cc1. The molecule has 35 heavy (non-hydrogen) atoms. The Kier molecular flexibility index (Phi) is 6.52. The number of carboxylic acid groups (broad SMARTS) is 1. The fourth-order valence-corrected chi connectivity index (χ4v) is 4.45. The molecule has 0 radical (unpaired) electrons. The van der Waals surface area contributed by atoms with Crippen LogP contribution in [0.1, 0.15) is 62.2 Å². The third-order valence-corrected chi connectivity index (χ3v) is 6.16. The maximum absolute atomic E-state index is 13.5. The van der Waals surface area contributed by atoms with E-state index in [-0.39, 0.29) is 11.9 Å². The molecular weight excluding hydrogens is 443 g/mol. The zero-order chi connectivity index (χ0) is 25.5. The van der Waals surface area contributed by atoms with Gasteiger partial charge in [0.1, 0.15) is 11.5 Å². The Hall–Kier alpha value is -3.51. The van der Waals surface area contributed by atoms with Gasteiger partial charge in [0.25, 0.3) is 0 Å². The third-order valence-electron chi connectivity index (χ3n) is 6.16. The maximum Gasteiger partial charge on any atom is 0.337 e. The minimum absolute atomic E-state index is 0.0992. The summed E-state index contributed by atoms with van der Waals surface area (Å²) in [5.74, 6) is -1.34. The Bertz CT molecular complexity index is 1370. The van der Waals surface area contributed by atoms with Gasteiger partial charge in [0.2, 0.25) is 0 Å². The monoisotopic (exact) mass is 474 g/mol. The van der Waals surface area contributed by atoms with Crippen LogP contribution in [0.5, 0.6) is 0 Å². The molecule has 4 aromatic rings. The summed E-state index contributed by atoms with van der Waals surface area (Å²) in [6, 6.07) is 16.3. The predicted molar refractivity (Wildman–Crippen MR) is 136 cm³/mol. The summed E-state index contributed by atoms with van der Waals surface area (Å²) in [7, 11) is 0. The van der Waals surface area contributed by atoms with Gasteiger partial charge in [0, 0.05) is 28.4 Å². The van der Waals surface area contributed by atoms with E-state index in [0.29, 0.717) is 11.3 Å². The summed E-state index contributed by atoms with van der Waals surface area (Å²) in [5, 5.41) is 11.0. The van der Waals surface area contributed by atoms with E-state index in [9.17, 15) is 14.3 Å². The van der Waals surface area contributed by atoms with Gasteiger partial charge in [-0.2, -0.15) is 0 Å². The topological polar surface area (TPSA) is 64.3 Å². The van der Waals surface area contributed by atoms with Gasteiger partial charge in [0.05, 0.1) is 11.6 Å². The molecule has 6 heteroatoms. The third kappa shape index (κ3) is 4.98. The summed E-state index contributed by atoms with van der Waals surface area (Å²) in [4.78, 5) is 17.3. The fraction of sp³-hybridized carbons (Fsp3) is 0.310. The van der Waals surface area contributed by atoms with E-state index < -0.39 is 17.7 Å². The minimum atomic E-state index is -1.18. The molecule has 0 aliphatic carbocycles. The molecule has 2 atom stereocenters. The number of aliphatic carboxylic acids is 1. The van der Waals surface area contributed by atoms with Crippen LogP contribution in [0.4, 0.5) is 4.39 Å². The summed E-state index contributed by atoms with van der Waals surface area (Å²) < 4.78 is 21.6. The van der Waals surface area contributed by atoms with Gasteiger partial charge in [-0.25, -0.2) is 14.2 Å². The van der Waals surface area contributed by atoms with E-state index in [1.807, 2.05) is 82.6 Å². The molecule has 5 nitrogen and oxygen atoms in total. The van der Waals surface area contributed by atoms with Gasteiger partial charge >= 0.3 is 5.97 Å². The molecule has 0 aliphatic heterocycles. The van der Waals surface area contributed by atoms with Crippen LogP contribution in [0.15, 0.2) is 60.8 Å². The number of nitrogens with zero attached hydrogens (tertiary/aromatic N) is 2. The van der Waals surface area contributed by atoms with Crippen molar-refractivity contribution < 1.29 is 19.0 Å². The molecule has 0 saturated carbocycles. The van der Waals surface area contributed by atoms with Gasteiger partial charge in [0.15, 0.2) is 6.10 Å². The van der Waals surface area contributed by atoms with E-state index in [4.69, 9.17) is 9.72 Å². The van der Waals surface area contributed by atoms with E-state index in [0.717, 1.165) is 33.3 Å². The number of hydrogen-bond acceptors (Lipinski definition) is 3. The Morgan fingerprint density at radius 1 is 1.03 bits per heavy atom. The Morgan fingerprint density at radius 2 is 1.66 bits per heavy atom. The molecule has 0 saturated heterocycles. The number of hydrogen-bond donors (Lipinski definition) is 1. The van der Waals surface area contributed by atoms with Gasteiger partial charge < -0.3 is 14.4 Å². The highest BCUT2D eigenvalue weighted by atomic mass is 19.1. The van der Waals surface area contributed by atoms with Crippen LogP contribution < -0.4 is 0 Å². The highest BCUT2D eigenvalue weighted by Crippen LogP contribution is 2.40. The lowest BCUT2D eigenvalue weighted by molar-refractivity contribution is -0.160. The molecule has 2 aromatic heterocycles. The summed E-state index contributed by atoms with van der Waals surface area (Å²) in [5.41, 5.74) is 4.97. The molecule has 0 amide bonds. The zero-order valence-electron chi connectivity index (χ0n) is 21.0. The quantitative estimate of drug-likeness (QED) is 0.326. The van der Waals surface area contributed by atoms with E-state index >= 15 is 0 Å². The number of fused-ring (bicyclic) bond motifs is 1. The highest BCUT2D eigenvalue weighted by molar-refractivity contribution is 5.98. The lowest BCUT2D eigenvalue weighted by Crippen LogP contribution is -2.28. The molecule has 0 spiro atoms. The smallest absolute Gasteiger partial charge is 0.337 e. The number of halogens is 1. The van der Waals surface area contributed by atoms with Crippen LogP contribution in [0, 0.1) is 19.7 Å². The molecule has 0 fully saturated rings. The van der Waals surface area contributed by atoms with Crippen LogP contribution in [0.25, 0.3) is 22.2 Å². The first-order valence-electron chi connectivity index (χ1n) is 11.7. The van der Waals surface area contributed by atoms with Crippen LogP contribution >= 0.6 is 0 Å². The van der Waals surface area contributed by atoms with Crippen LogP contribution in [0.2, 0.25) is 0 Å². The standard InChI is InChI=1S/C29H31FN2O3/c1-17-7-9-21(10-8-17)25-23-15-16-32(19(3)20-11-13-22(30)14-12-20)27(23)31-18(2)24(25)26(28(33)34)35-29(4,5)6/h7-16,19,26H,1-6H3,(H,33,34)/t19-,26-/m1/s1. The average molecular weight is 475 g/mol. The lowest BCUT2D eigenvalue weighted by atomic mass is 9.92. The fourth-order valence-electron chi connectivity index (χ4n) is 4.45. The molecule has 2 aromatic carbocycles. The normalized spacial score (nSPS) is 13.7. The van der Waals surface area contributed by atoms with Crippen molar-refractivity contribution in [1.82, 2.24) is 9.55 Å². The molecule has 0 bridgehead atoms. The number of carbonyl (C=O) groups is 1. The molecule has 1 N–H and O–H groups in total. The average Bonchev–Trinajstić information content (AvgIpc) is 3.20. The van der Waals surface area contributed by atoms with E-state index in [1.54, 1.807) is 12.1 Å². The van der Waals surface area contributed by atoms with Crippen LogP contribution in [0.3, 0.4) is 0 Å². The number of pyridine rings is 1. The first-order chi connectivity index (χ1) is 16.5. The van der Waals surface area contributed by atoms with E-state index in [1.165, 1.54) is 12.1 Å². The van der Waals surface area contributed by atoms with Crippen molar-refractivity contribution in [3.05, 3.63) is 89.0 Å². The molecule has 182 valence electrons. The second kappa shape index (κ2) is 9.27. The van der Waals surface area contributed by atoms with Crippen molar-refractivity contribution in [3.8, 4) is 11.1 Å². The zero-order valence-corrected chi connectivity index (χ0v) is 21.0. The summed E-state index contributed by atoms with van der Waals surface area (Å²) in [6.07, 6.45) is 0.772. The molecule has 4 rings (SSSR count). The Labute approximate surface area is 205 Å². The molecule has 0 unspecified atom stereocenters. The van der Waals surface area contributed by atoms with Crippen molar-refractivity contribution in [2.45, 2.75) is 59.3 Å². The number of carboxylic acids is 1. The molecule has 2 heterocycles. The van der Waals surface area contributed by atoms with Crippen molar-refractivity contribution in [3.63, 3.8) is 0 Å². The first-order valence-corrected chi connectivity index (χ1v) is 11.7. The Balaban J connectivity index is 1.99. The predicted octanol–water partition coefficient (Wildman–Crippen LogP) is 7.01. The highest BCUT2D eigenvalue weighted by Gasteiger charge is 2.33. The van der Waals surface area contributed by atoms with Crippen molar-refractivity contribution in [1.29, 1.82) is 0 Å². The number of aryl methyl sites for hydroxylation is 2. The minimum Gasteiger partial charge on any atom is -0.479 e.